The predicted octanol–water partition coefficient (Wildman–Crippen LogP) is 3.68. The van der Waals surface area contributed by atoms with Crippen molar-refractivity contribution in [3.8, 4) is 11.5 Å². The average Bonchev–Trinajstić information content (AvgIpc) is 2.69. The van der Waals surface area contributed by atoms with E-state index in [4.69, 9.17) is 9.47 Å². The van der Waals surface area contributed by atoms with Crippen LogP contribution in [0, 0.1) is 0 Å². The molecule has 0 heterocycles. The molecule has 138 valence electrons. The highest BCUT2D eigenvalue weighted by atomic mass is 32.2. The summed E-state index contributed by atoms with van der Waals surface area (Å²) in [4.78, 5) is 13.5. The zero-order chi connectivity index (χ0) is 18.9. The van der Waals surface area contributed by atoms with Gasteiger partial charge in [0.25, 0.3) is 5.91 Å². The molecule has 0 saturated heterocycles. The fourth-order valence-electron chi connectivity index (χ4n) is 2.49. The second kappa shape index (κ2) is 9.77. The maximum absolute atomic E-state index is 12.4. The lowest BCUT2D eigenvalue weighted by Crippen LogP contribution is -2.26. The van der Waals surface area contributed by atoms with Gasteiger partial charge in [0, 0.05) is 11.4 Å². The first kappa shape index (κ1) is 19.7. The topological polar surface area (TPSA) is 67.8 Å². The summed E-state index contributed by atoms with van der Waals surface area (Å²) >= 11 is 1.62. The molecule has 0 unspecified atom stereocenters. The summed E-state index contributed by atoms with van der Waals surface area (Å²) in [6.45, 7) is 0.439. The maximum atomic E-state index is 12.4. The minimum absolute atomic E-state index is 0.241. The molecule has 0 atom stereocenters. The number of carbonyl (C=O) groups excluding carboxylic acids is 1. The molecule has 0 saturated carbocycles. The number of aliphatic hydroxyl groups is 1. The zero-order valence-electron chi connectivity index (χ0n) is 15.1. The Morgan fingerprint density at radius 3 is 2.38 bits per heavy atom. The highest BCUT2D eigenvalue weighted by Gasteiger charge is 2.12. The molecule has 2 N–H and O–H groups in total. The Kier molecular flexibility index (Phi) is 7.41. The Morgan fingerprint density at radius 1 is 1.12 bits per heavy atom. The smallest absolute Gasteiger partial charge is 0.255 e. The number of hydrogen-bond acceptors (Lipinski definition) is 5. The third-order valence-electron chi connectivity index (χ3n) is 3.92. The van der Waals surface area contributed by atoms with Gasteiger partial charge < -0.3 is 19.9 Å². The number of methoxy groups -OCH3 is 2. The molecular weight excluding hydrogens is 350 g/mol. The van der Waals surface area contributed by atoms with Crippen LogP contribution >= 0.6 is 11.8 Å². The highest BCUT2D eigenvalue weighted by Crippen LogP contribution is 2.27. The summed E-state index contributed by atoms with van der Waals surface area (Å²) in [5.74, 6) is 1.01. The number of rotatable bonds is 8. The molecule has 1 amide bonds. The van der Waals surface area contributed by atoms with Crippen LogP contribution in [-0.2, 0) is 11.2 Å². The maximum Gasteiger partial charge on any atom is 0.255 e. The zero-order valence-corrected chi connectivity index (χ0v) is 15.9. The van der Waals surface area contributed by atoms with Crippen LogP contribution in [0.5, 0.6) is 11.5 Å². The lowest BCUT2D eigenvalue weighted by Gasteiger charge is -2.11. The molecule has 0 aliphatic carbocycles. The minimum Gasteiger partial charge on any atom is -0.515 e. The number of hydrogen-bond donors (Lipinski definition) is 2. The van der Waals surface area contributed by atoms with E-state index in [1.807, 2.05) is 48.7 Å². The highest BCUT2D eigenvalue weighted by molar-refractivity contribution is 7.98. The lowest BCUT2D eigenvalue weighted by atomic mass is 10.1. The largest absolute Gasteiger partial charge is 0.515 e. The summed E-state index contributed by atoms with van der Waals surface area (Å²) in [6.07, 6.45) is 3.47. The van der Waals surface area contributed by atoms with Crippen LogP contribution in [0.2, 0.25) is 0 Å². The van der Waals surface area contributed by atoms with E-state index in [1.54, 1.807) is 26.0 Å². The van der Waals surface area contributed by atoms with Crippen molar-refractivity contribution < 1.29 is 19.4 Å². The van der Waals surface area contributed by atoms with Crippen LogP contribution in [0.25, 0.3) is 5.57 Å². The van der Waals surface area contributed by atoms with E-state index in [0.29, 0.717) is 30.0 Å². The number of carbonyl (C=O) groups is 1. The van der Waals surface area contributed by atoms with Crippen molar-refractivity contribution in [2.45, 2.75) is 11.3 Å². The van der Waals surface area contributed by atoms with Crippen molar-refractivity contribution in [1.82, 2.24) is 5.32 Å². The number of ether oxygens (including phenoxy) is 2. The average molecular weight is 373 g/mol. The van der Waals surface area contributed by atoms with Crippen LogP contribution in [0.4, 0.5) is 0 Å². The Bertz CT molecular complexity index is 772. The van der Waals surface area contributed by atoms with E-state index in [0.717, 1.165) is 16.7 Å². The van der Waals surface area contributed by atoms with Crippen LogP contribution < -0.4 is 14.8 Å². The van der Waals surface area contributed by atoms with Crippen molar-refractivity contribution in [3.63, 3.8) is 0 Å². The van der Waals surface area contributed by atoms with Gasteiger partial charge in [-0.1, -0.05) is 18.2 Å². The standard InChI is InChI=1S/C20H23NO4S/c1-24-18-9-4-14(12-19(18)25-2)10-11-21-20(23)17(13-22)15-5-7-16(26-3)8-6-15/h4-9,12-13,22H,10-11H2,1-3H3,(H,21,23)/b17-13-. The van der Waals surface area contributed by atoms with Gasteiger partial charge in [-0.2, -0.15) is 0 Å². The molecule has 0 radical (unpaired) electrons. The molecule has 0 aliphatic heterocycles. The molecule has 6 heteroatoms. The van der Waals surface area contributed by atoms with E-state index in [9.17, 15) is 9.90 Å². The van der Waals surface area contributed by atoms with Gasteiger partial charge in [0.2, 0.25) is 0 Å². The SMILES string of the molecule is COc1ccc(CCNC(=O)/C(=C\O)c2ccc(SC)cc2)cc1OC. The second-order valence-corrected chi connectivity index (χ2v) is 6.35. The summed E-state index contributed by atoms with van der Waals surface area (Å²) in [7, 11) is 3.18. The van der Waals surface area contributed by atoms with Crippen molar-refractivity contribution in [2.24, 2.45) is 0 Å². The molecular formula is C20H23NO4S. The van der Waals surface area contributed by atoms with Gasteiger partial charge in [-0.05, 0) is 48.1 Å². The quantitative estimate of drug-likeness (QED) is 0.420. The monoisotopic (exact) mass is 373 g/mol. The van der Waals surface area contributed by atoms with Crippen molar-refractivity contribution in [3.05, 3.63) is 59.9 Å². The van der Waals surface area contributed by atoms with E-state index in [1.165, 1.54) is 0 Å². The first-order valence-electron chi connectivity index (χ1n) is 8.10. The van der Waals surface area contributed by atoms with Gasteiger partial charge in [0.1, 0.15) is 0 Å². The first-order valence-corrected chi connectivity index (χ1v) is 9.33. The molecule has 0 aliphatic rings. The number of nitrogens with one attached hydrogen (secondary N) is 1. The fourth-order valence-corrected chi connectivity index (χ4v) is 2.89. The lowest BCUT2D eigenvalue weighted by molar-refractivity contribution is -0.115. The molecule has 2 aromatic carbocycles. The predicted molar refractivity (Wildman–Crippen MR) is 105 cm³/mol. The number of amides is 1. The third-order valence-corrected chi connectivity index (χ3v) is 4.67. The second-order valence-electron chi connectivity index (χ2n) is 5.47. The normalized spacial score (nSPS) is 11.1. The van der Waals surface area contributed by atoms with E-state index in [2.05, 4.69) is 5.32 Å². The van der Waals surface area contributed by atoms with Crippen molar-refractivity contribution in [2.75, 3.05) is 27.0 Å². The Balaban J connectivity index is 1.96. The van der Waals surface area contributed by atoms with Crippen LogP contribution in [0.3, 0.4) is 0 Å². The molecule has 0 bridgehead atoms. The van der Waals surface area contributed by atoms with Gasteiger partial charge in [0.15, 0.2) is 11.5 Å². The number of thioether (sulfide) groups is 1. The Morgan fingerprint density at radius 2 is 1.81 bits per heavy atom. The Labute approximate surface area is 158 Å². The summed E-state index contributed by atoms with van der Waals surface area (Å²) in [5, 5.41) is 12.3. The van der Waals surface area contributed by atoms with Crippen LogP contribution in [0.1, 0.15) is 11.1 Å². The van der Waals surface area contributed by atoms with E-state index < -0.39 is 0 Å². The van der Waals surface area contributed by atoms with Crippen LogP contribution in [-0.4, -0.2) is 38.0 Å². The Hall–Kier alpha value is -2.60. The molecule has 2 aromatic rings. The molecule has 2 rings (SSSR count). The van der Waals surface area contributed by atoms with Gasteiger partial charge >= 0.3 is 0 Å². The van der Waals surface area contributed by atoms with Gasteiger partial charge in [-0.15, -0.1) is 11.8 Å². The molecule has 0 fully saturated rings. The van der Waals surface area contributed by atoms with E-state index in [-0.39, 0.29) is 11.5 Å². The van der Waals surface area contributed by atoms with Gasteiger partial charge in [-0.3, -0.25) is 4.79 Å². The number of aliphatic hydroxyl groups excluding tert-OH is 1. The summed E-state index contributed by atoms with van der Waals surface area (Å²) in [5.41, 5.74) is 1.93. The number of benzene rings is 2. The molecule has 0 aromatic heterocycles. The summed E-state index contributed by atoms with van der Waals surface area (Å²) in [6, 6.07) is 13.1. The molecule has 5 nitrogen and oxygen atoms in total. The van der Waals surface area contributed by atoms with E-state index >= 15 is 0 Å². The van der Waals surface area contributed by atoms with Gasteiger partial charge in [0.05, 0.1) is 26.1 Å². The third kappa shape index (κ3) is 4.95. The first-order chi connectivity index (χ1) is 12.6. The molecule has 26 heavy (non-hydrogen) atoms. The minimum atomic E-state index is -0.315. The van der Waals surface area contributed by atoms with Gasteiger partial charge in [-0.25, -0.2) is 0 Å². The van der Waals surface area contributed by atoms with Crippen molar-refractivity contribution in [1.29, 1.82) is 0 Å². The summed E-state index contributed by atoms with van der Waals surface area (Å²) < 4.78 is 10.5. The van der Waals surface area contributed by atoms with Crippen molar-refractivity contribution >= 4 is 23.2 Å². The fraction of sp³-hybridized carbons (Fsp3) is 0.250. The molecule has 0 spiro atoms. The van der Waals surface area contributed by atoms with Crippen LogP contribution in [0.15, 0.2) is 53.6 Å².